The summed E-state index contributed by atoms with van der Waals surface area (Å²) < 4.78 is 7.64. The average molecular weight is 432 g/mol. The Kier molecular flexibility index (Phi) is 6.16. The maximum absolute atomic E-state index is 11.9. The Bertz CT molecular complexity index is 1130. The Morgan fingerprint density at radius 2 is 2.06 bits per heavy atom. The number of nitrogens with zero attached hydrogens (tertiary/aromatic N) is 4. The number of nitrogens with one attached hydrogen (secondary N) is 1. The van der Waals surface area contributed by atoms with Crippen LogP contribution in [-0.4, -0.2) is 45.7 Å². The normalized spacial score (nSPS) is 15.4. The molecule has 32 heavy (non-hydrogen) atoms. The zero-order chi connectivity index (χ0) is 22.5. The van der Waals surface area contributed by atoms with Gasteiger partial charge in [-0.1, -0.05) is 36.9 Å². The summed E-state index contributed by atoms with van der Waals surface area (Å²) >= 11 is 0. The van der Waals surface area contributed by atoms with Crippen LogP contribution >= 0.6 is 0 Å². The van der Waals surface area contributed by atoms with Gasteiger partial charge in [-0.15, -0.1) is 0 Å². The van der Waals surface area contributed by atoms with E-state index in [1.54, 1.807) is 29.2 Å². The van der Waals surface area contributed by atoms with Crippen LogP contribution in [0.3, 0.4) is 0 Å². The van der Waals surface area contributed by atoms with Crippen molar-refractivity contribution in [3.63, 3.8) is 0 Å². The van der Waals surface area contributed by atoms with E-state index >= 15 is 0 Å². The molecule has 1 atom stereocenters. The molecule has 3 N–H and O–H groups in total. The number of anilines is 1. The third-order valence-electron chi connectivity index (χ3n) is 5.17. The van der Waals surface area contributed by atoms with Gasteiger partial charge in [0.05, 0.1) is 18.9 Å². The van der Waals surface area contributed by atoms with Crippen molar-refractivity contribution in [2.45, 2.75) is 19.0 Å². The summed E-state index contributed by atoms with van der Waals surface area (Å²) in [5.74, 6) is 0.370. The molecular formula is C23H24N6O3. The van der Waals surface area contributed by atoms with Crippen LogP contribution in [0.15, 0.2) is 67.5 Å². The van der Waals surface area contributed by atoms with Gasteiger partial charge in [0, 0.05) is 19.1 Å². The molecule has 164 valence electrons. The second-order valence-corrected chi connectivity index (χ2v) is 7.49. The second kappa shape index (κ2) is 9.34. The van der Waals surface area contributed by atoms with Crippen LogP contribution in [0.5, 0.6) is 11.6 Å². The Morgan fingerprint density at radius 1 is 1.25 bits per heavy atom. The molecule has 4 rings (SSSR count). The molecule has 3 aromatic rings. The Labute approximate surface area is 185 Å². The summed E-state index contributed by atoms with van der Waals surface area (Å²) in [6, 6.07) is 13.2. The monoisotopic (exact) mass is 432 g/mol. The minimum absolute atomic E-state index is 0.00120. The number of ether oxygens (including phenoxy) is 1. The molecule has 0 spiro atoms. The number of nitrogens with two attached hydrogens (primary N) is 1. The number of primary amides is 1. The maximum atomic E-state index is 11.9. The standard InChI is InChI=1S/C23H24N6O3/c1-2-21(30)26-17-10-11-28(14-17)20-9-8-19(22(24)31)23(27-20)32-18-12-25-29(15-18)13-16-6-4-3-5-7-16/h2-9,12,15,17H,1,10-11,13-14H2,(H2,24,31)(H,26,30)/t17-/m0/s1. The van der Waals surface area contributed by atoms with Gasteiger partial charge < -0.3 is 20.7 Å². The van der Waals surface area contributed by atoms with Crippen molar-refractivity contribution in [1.82, 2.24) is 20.1 Å². The Morgan fingerprint density at radius 3 is 2.81 bits per heavy atom. The fraction of sp³-hybridized carbons (Fsp3) is 0.217. The van der Waals surface area contributed by atoms with Crippen LogP contribution < -0.4 is 20.7 Å². The molecule has 0 aliphatic carbocycles. The number of carbonyl (C=O) groups excluding carboxylic acids is 2. The first-order valence-corrected chi connectivity index (χ1v) is 10.2. The Balaban J connectivity index is 1.50. The van der Waals surface area contributed by atoms with Crippen molar-refractivity contribution in [2.24, 2.45) is 5.73 Å². The fourth-order valence-electron chi connectivity index (χ4n) is 3.58. The average Bonchev–Trinajstić information content (AvgIpc) is 3.43. The van der Waals surface area contributed by atoms with E-state index in [-0.39, 0.29) is 23.4 Å². The number of benzene rings is 1. The lowest BCUT2D eigenvalue weighted by atomic mass is 10.2. The van der Waals surface area contributed by atoms with Gasteiger partial charge in [0.2, 0.25) is 11.8 Å². The molecule has 1 fully saturated rings. The summed E-state index contributed by atoms with van der Waals surface area (Å²) in [5, 5.41) is 7.21. The first-order valence-electron chi connectivity index (χ1n) is 10.2. The first-order chi connectivity index (χ1) is 15.5. The summed E-state index contributed by atoms with van der Waals surface area (Å²) in [6.45, 7) is 5.37. The highest BCUT2D eigenvalue weighted by Crippen LogP contribution is 2.28. The second-order valence-electron chi connectivity index (χ2n) is 7.49. The van der Waals surface area contributed by atoms with Gasteiger partial charge >= 0.3 is 0 Å². The SMILES string of the molecule is C=CC(=O)N[C@H]1CCN(c2ccc(C(N)=O)c(Oc3cnn(Cc4ccccc4)c3)n2)C1. The number of carbonyl (C=O) groups is 2. The molecule has 0 bridgehead atoms. The third kappa shape index (κ3) is 4.94. The van der Waals surface area contributed by atoms with Crippen molar-refractivity contribution in [3.8, 4) is 11.6 Å². The van der Waals surface area contributed by atoms with Crippen LogP contribution in [0, 0.1) is 0 Å². The highest BCUT2D eigenvalue weighted by Gasteiger charge is 2.25. The minimum Gasteiger partial charge on any atom is -0.435 e. The van der Waals surface area contributed by atoms with E-state index in [0.717, 1.165) is 12.0 Å². The molecule has 1 saturated heterocycles. The maximum Gasteiger partial charge on any atom is 0.254 e. The van der Waals surface area contributed by atoms with Crippen molar-refractivity contribution in [2.75, 3.05) is 18.0 Å². The zero-order valence-electron chi connectivity index (χ0n) is 17.5. The highest BCUT2D eigenvalue weighted by atomic mass is 16.5. The van der Waals surface area contributed by atoms with E-state index < -0.39 is 5.91 Å². The summed E-state index contributed by atoms with van der Waals surface area (Å²) in [6.07, 6.45) is 5.34. The van der Waals surface area contributed by atoms with Crippen LogP contribution in [-0.2, 0) is 11.3 Å². The third-order valence-corrected chi connectivity index (χ3v) is 5.17. The molecule has 9 nitrogen and oxygen atoms in total. The first kappa shape index (κ1) is 21.1. The van der Waals surface area contributed by atoms with Crippen LogP contribution in [0.4, 0.5) is 5.82 Å². The quantitative estimate of drug-likeness (QED) is 0.527. The van der Waals surface area contributed by atoms with Gasteiger partial charge in [-0.05, 0) is 30.2 Å². The van der Waals surface area contributed by atoms with E-state index in [9.17, 15) is 9.59 Å². The molecule has 3 heterocycles. The van der Waals surface area contributed by atoms with Gasteiger partial charge in [-0.25, -0.2) is 0 Å². The number of aromatic nitrogens is 3. The van der Waals surface area contributed by atoms with Gasteiger partial charge in [0.15, 0.2) is 5.75 Å². The van der Waals surface area contributed by atoms with Crippen LogP contribution in [0.25, 0.3) is 0 Å². The van der Waals surface area contributed by atoms with Gasteiger partial charge in [-0.3, -0.25) is 14.3 Å². The summed E-state index contributed by atoms with van der Waals surface area (Å²) in [4.78, 5) is 30.0. The molecular weight excluding hydrogens is 408 g/mol. The van der Waals surface area contributed by atoms with Gasteiger partial charge in [0.25, 0.3) is 5.91 Å². The van der Waals surface area contributed by atoms with E-state index in [2.05, 4.69) is 22.0 Å². The molecule has 2 aromatic heterocycles. The molecule has 1 aromatic carbocycles. The number of rotatable bonds is 8. The summed E-state index contributed by atoms with van der Waals surface area (Å²) in [5.41, 5.74) is 6.81. The lowest BCUT2D eigenvalue weighted by Gasteiger charge is -2.19. The molecule has 0 saturated carbocycles. The number of hydrogen-bond donors (Lipinski definition) is 2. The topological polar surface area (TPSA) is 115 Å². The van der Waals surface area contributed by atoms with Crippen LogP contribution in [0.2, 0.25) is 0 Å². The van der Waals surface area contributed by atoms with E-state index in [1.165, 1.54) is 6.08 Å². The molecule has 0 unspecified atom stereocenters. The number of amides is 2. The fourth-order valence-corrected chi connectivity index (χ4v) is 3.58. The molecule has 1 aliphatic rings. The summed E-state index contributed by atoms with van der Waals surface area (Å²) in [7, 11) is 0. The van der Waals surface area contributed by atoms with Crippen molar-refractivity contribution < 1.29 is 14.3 Å². The number of pyridine rings is 1. The lowest BCUT2D eigenvalue weighted by Crippen LogP contribution is -2.36. The minimum atomic E-state index is -0.631. The number of hydrogen-bond acceptors (Lipinski definition) is 6. The lowest BCUT2D eigenvalue weighted by molar-refractivity contribution is -0.117. The van der Waals surface area contributed by atoms with Crippen molar-refractivity contribution in [1.29, 1.82) is 0 Å². The highest BCUT2D eigenvalue weighted by molar-refractivity contribution is 5.95. The van der Waals surface area contributed by atoms with E-state index in [1.807, 2.05) is 35.2 Å². The molecule has 0 radical (unpaired) electrons. The molecule has 1 aliphatic heterocycles. The van der Waals surface area contributed by atoms with Crippen LogP contribution in [0.1, 0.15) is 22.3 Å². The van der Waals surface area contributed by atoms with Crippen molar-refractivity contribution >= 4 is 17.6 Å². The van der Waals surface area contributed by atoms with Crippen molar-refractivity contribution in [3.05, 3.63) is 78.6 Å². The molecule has 9 heteroatoms. The zero-order valence-corrected chi connectivity index (χ0v) is 17.5. The molecule has 2 amide bonds. The van der Waals surface area contributed by atoms with E-state index in [0.29, 0.717) is 31.2 Å². The van der Waals surface area contributed by atoms with E-state index in [4.69, 9.17) is 10.5 Å². The predicted molar refractivity (Wildman–Crippen MR) is 120 cm³/mol. The predicted octanol–water partition coefficient (Wildman–Crippen LogP) is 2.10. The largest absolute Gasteiger partial charge is 0.435 e. The van der Waals surface area contributed by atoms with Gasteiger partial charge in [0.1, 0.15) is 11.4 Å². The van der Waals surface area contributed by atoms with Gasteiger partial charge in [-0.2, -0.15) is 10.1 Å². The smallest absolute Gasteiger partial charge is 0.254 e. The Hall–Kier alpha value is -4.14.